The molecule has 0 spiro atoms. The van der Waals surface area contributed by atoms with Gasteiger partial charge in [-0.2, -0.15) is 0 Å². The molecule has 1 heterocycles. The summed E-state index contributed by atoms with van der Waals surface area (Å²) < 4.78 is 6.53. The molecule has 1 aliphatic heterocycles. The number of Topliss-reactive ketones (excluding diaryl/α,β-unsaturated/α-hetero) is 1. The number of carbonyl (C=O) groups is 1. The molecule has 0 fully saturated rings. The highest BCUT2D eigenvalue weighted by Crippen LogP contribution is 2.30. The van der Waals surface area contributed by atoms with Gasteiger partial charge in [-0.15, -0.1) is 0 Å². The van der Waals surface area contributed by atoms with E-state index in [0.717, 1.165) is 20.2 Å². The first-order valence-corrected chi connectivity index (χ1v) is 8.71. The molecule has 3 rings (SSSR count). The van der Waals surface area contributed by atoms with Crippen LogP contribution >= 0.6 is 34.2 Å². The van der Waals surface area contributed by atoms with Crippen LogP contribution in [0.25, 0.3) is 0 Å². The Labute approximate surface area is 154 Å². The molecule has 0 unspecified atom stereocenters. The molecule has 1 aliphatic rings. The molecule has 0 bridgehead atoms. The second kappa shape index (κ2) is 6.20. The zero-order chi connectivity index (χ0) is 16.8. The average Bonchev–Trinajstić information content (AvgIpc) is 2.68. The first kappa shape index (κ1) is 17.0. The van der Waals surface area contributed by atoms with Crippen molar-refractivity contribution in [3.05, 3.63) is 61.7 Å². The van der Waals surface area contributed by atoms with Gasteiger partial charge < -0.3 is 9.68 Å². The molecule has 1 N–H and O–H groups in total. The van der Waals surface area contributed by atoms with Gasteiger partial charge in [-0.25, -0.2) is 0 Å². The van der Waals surface area contributed by atoms with Crippen molar-refractivity contribution in [2.45, 2.75) is 25.9 Å². The zero-order valence-electron chi connectivity index (χ0n) is 12.8. The fourth-order valence-corrected chi connectivity index (χ4v) is 3.84. The van der Waals surface area contributed by atoms with Crippen molar-refractivity contribution in [2.24, 2.45) is 0 Å². The van der Waals surface area contributed by atoms with Crippen molar-refractivity contribution in [1.29, 1.82) is 0 Å². The van der Waals surface area contributed by atoms with Crippen LogP contribution in [-0.4, -0.2) is 17.9 Å². The van der Waals surface area contributed by atoms with E-state index in [-0.39, 0.29) is 12.2 Å². The summed E-state index contributed by atoms with van der Waals surface area (Å²) in [6.07, 6.45) is 0.237. The normalized spacial score (nSPS) is 15.6. The Bertz CT molecular complexity index is 791. The van der Waals surface area contributed by atoms with E-state index in [1.807, 2.05) is 38.1 Å². The van der Waals surface area contributed by atoms with Crippen LogP contribution in [-0.2, 0) is 16.7 Å². The lowest BCUT2D eigenvalue weighted by Crippen LogP contribution is -2.29. The number of benzene rings is 2. The third-order valence-electron chi connectivity index (χ3n) is 4.03. The van der Waals surface area contributed by atoms with Crippen LogP contribution in [0.3, 0.4) is 0 Å². The van der Waals surface area contributed by atoms with Gasteiger partial charge in [0.2, 0.25) is 0 Å². The monoisotopic (exact) mass is 440 g/mol. The Balaban J connectivity index is 1.87. The number of hydrogen-bond donors (Lipinski definition) is 1. The van der Waals surface area contributed by atoms with Crippen molar-refractivity contribution in [3.8, 4) is 0 Å². The molecule has 0 aliphatic carbocycles. The molecule has 118 valence electrons. The predicted molar refractivity (Wildman–Crippen MR) is 100 cm³/mol. The van der Waals surface area contributed by atoms with Gasteiger partial charge in [0.15, 0.2) is 5.78 Å². The summed E-state index contributed by atoms with van der Waals surface area (Å²) in [7, 11) is -0.947. The van der Waals surface area contributed by atoms with E-state index < -0.39 is 12.7 Å². The second-order valence-corrected chi connectivity index (χ2v) is 7.78. The van der Waals surface area contributed by atoms with Crippen LogP contribution in [0.4, 0.5) is 0 Å². The minimum Gasteiger partial charge on any atom is -0.423 e. The smallest absolute Gasteiger partial charge is 0.423 e. The number of fused-ring (bicyclic) bond motifs is 1. The molecule has 3 nitrogen and oxygen atoms in total. The molecule has 6 heteroatoms. The minimum atomic E-state index is -0.947. The molecule has 0 amide bonds. The Morgan fingerprint density at radius 2 is 2.04 bits per heavy atom. The van der Waals surface area contributed by atoms with Gasteiger partial charge in [-0.1, -0.05) is 29.8 Å². The van der Waals surface area contributed by atoms with Crippen molar-refractivity contribution in [2.75, 3.05) is 0 Å². The molecule has 0 saturated heterocycles. The lowest BCUT2D eigenvalue weighted by Gasteiger charge is -2.19. The van der Waals surface area contributed by atoms with Crippen LogP contribution in [0.15, 0.2) is 36.4 Å². The summed E-state index contributed by atoms with van der Waals surface area (Å²) in [6.45, 7) is 3.83. The molecule has 0 saturated carbocycles. The fourth-order valence-electron chi connectivity index (χ4n) is 2.88. The first-order chi connectivity index (χ1) is 10.8. The maximum atomic E-state index is 12.5. The van der Waals surface area contributed by atoms with Crippen molar-refractivity contribution < 1.29 is 14.5 Å². The van der Waals surface area contributed by atoms with Crippen molar-refractivity contribution >= 4 is 52.6 Å². The molecular formula is C17H15BClIO3. The van der Waals surface area contributed by atoms with Crippen LogP contribution in [0.5, 0.6) is 0 Å². The molecule has 2 aromatic rings. The molecule has 0 aromatic heterocycles. The topological polar surface area (TPSA) is 46.5 Å². The summed E-state index contributed by atoms with van der Waals surface area (Å²) in [5.74, 6) is -0.0426. The molecular weight excluding hydrogens is 425 g/mol. The van der Waals surface area contributed by atoms with E-state index in [1.54, 1.807) is 12.1 Å². The summed E-state index contributed by atoms with van der Waals surface area (Å²) in [4.78, 5) is 12.5. The largest absolute Gasteiger partial charge is 0.492 e. The van der Waals surface area contributed by atoms with Gasteiger partial charge in [0.25, 0.3) is 0 Å². The Hall–Kier alpha value is -0.885. The van der Waals surface area contributed by atoms with Crippen molar-refractivity contribution in [1.82, 2.24) is 0 Å². The van der Waals surface area contributed by atoms with E-state index in [2.05, 4.69) is 22.6 Å². The summed E-state index contributed by atoms with van der Waals surface area (Å²) >= 11 is 8.32. The number of halogens is 2. The van der Waals surface area contributed by atoms with E-state index in [1.165, 1.54) is 0 Å². The van der Waals surface area contributed by atoms with Gasteiger partial charge in [0.1, 0.15) is 0 Å². The summed E-state index contributed by atoms with van der Waals surface area (Å²) in [5, 5.41) is 10.5. The van der Waals surface area contributed by atoms with Crippen LogP contribution < -0.4 is 5.46 Å². The van der Waals surface area contributed by atoms with Gasteiger partial charge in [-0.05, 0) is 71.2 Å². The van der Waals surface area contributed by atoms with Crippen LogP contribution in [0, 0.1) is 3.57 Å². The highest BCUT2D eigenvalue weighted by atomic mass is 127. The second-order valence-electron chi connectivity index (χ2n) is 6.13. The van der Waals surface area contributed by atoms with E-state index in [0.29, 0.717) is 10.6 Å². The summed E-state index contributed by atoms with van der Waals surface area (Å²) in [5.41, 5.74) is 2.52. The van der Waals surface area contributed by atoms with Crippen molar-refractivity contribution in [3.63, 3.8) is 0 Å². The fraction of sp³-hybridized carbons (Fsp3) is 0.235. The molecule has 0 atom stereocenters. The van der Waals surface area contributed by atoms with Gasteiger partial charge in [0.05, 0.1) is 10.6 Å². The third-order valence-corrected chi connectivity index (χ3v) is 5.02. The van der Waals surface area contributed by atoms with Crippen LogP contribution in [0.2, 0.25) is 5.02 Å². The first-order valence-electron chi connectivity index (χ1n) is 7.25. The maximum absolute atomic E-state index is 12.5. The molecule has 23 heavy (non-hydrogen) atoms. The van der Waals surface area contributed by atoms with Crippen LogP contribution in [0.1, 0.15) is 35.3 Å². The predicted octanol–water partition coefficient (Wildman–Crippen LogP) is 3.32. The van der Waals surface area contributed by atoms with Gasteiger partial charge >= 0.3 is 7.12 Å². The van der Waals surface area contributed by atoms with Gasteiger partial charge in [-0.3, -0.25) is 4.79 Å². The third kappa shape index (κ3) is 3.33. The number of ketones is 1. The number of rotatable bonds is 3. The average molecular weight is 440 g/mol. The Morgan fingerprint density at radius 1 is 1.30 bits per heavy atom. The number of carbonyl (C=O) groups excluding carboxylic acids is 1. The van der Waals surface area contributed by atoms with Gasteiger partial charge in [0, 0.05) is 15.6 Å². The van der Waals surface area contributed by atoms with E-state index in [9.17, 15) is 9.82 Å². The highest BCUT2D eigenvalue weighted by molar-refractivity contribution is 14.1. The standard InChI is InChI=1S/C17H15BClIO3/c1-17(2)13-6-3-10(7-14(13)18(22)23-17)8-16(21)12-5-4-11(20)9-15(12)19/h3-7,9,22H,8H2,1-2H3. The Morgan fingerprint density at radius 3 is 2.74 bits per heavy atom. The number of hydrogen-bond acceptors (Lipinski definition) is 3. The highest BCUT2D eigenvalue weighted by Gasteiger charge is 2.40. The Kier molecular flexibility index (Phi) is 4.57. The molecule has 2 aromatic carbocycles. The van der Waals surface area contributed by atoms with E-state index >= 15 is 0 Å². The lowest BCUT2D eigenvalue weighted by molar-refractivity contribution is 0.0991. The molecule has 0 radical (unpaired) electrons. The maximum Gasteiger partial charge on any atom is 0.492 e. The minimum absolute atomic E-state index is 0.0426. The van der Waals surface area contributed by atoms with E-state index in [4.69, 9.17) is 16.3 Å². The SMILES string of the molecule is CC1(C)OB(O)c2cc(CC(=O)c3ccc(I)cc3Cl)ccc21. The quantitative estimate of drug-likeness (QED) is 0.453. The lowest BCUT2D eigenvalue weighted by atomic mass is 9.77. The summed E-state index contributed by atoms with van der Waals surface area (Å²) in [6, 6.07) is 11.1. The zero-order valence-corrected chi connectivity index (χ0v) is 15.7.